The van der Waals surface area contributed by atoms with E-state index in [9.17, 15) is 9.59 Å². The summed E-state index contributed by atoms with van der Waals surface area (Å²) < 4.78 is 0. The molecule has 2 amide bonds. The van der Waals surface area contributed by atoms with Gasteiger partial charge < -0.3 is 10.2 Å². The van der Waals surface area contributed by atoms with Crippen LogP contribution < -0.4 is 5.32 Å². The Morgan fingerprint density at radius 2 is 1.72 bits per heavy atom. The lowest BCUT2D eigenvalue weighted by atomic mass is 10.1. The number of carbonyl (C=O) groups excluding carboxylic acids is 2. The summed E-state index contributed by atoms with van der Waals surface area (Å²) in [6, 6.07) is 11.7. The predicted molar refractivity (Wildman–Crippen MR) is 120 cm³/mol. The number of benzene rings is 2. The summed E-state index contributed by atoms with van der Waals surface area (Å²) in [4.78, 5) is 27.3. The molecule has 29 heavy (non-hydrogen) atoms. The molecule has 0 saturated heterocycles. The topological polar surface area (TPSA) is 49.4 Å². The van der Waals surface area contributed by atoms with Gasteiger partial charge >= 0.3 is 0 Å². The molecule has 7 heteroatoms. The van der Waals surface area contributed by atoms with Gasteiger partial charge in [0.25, 0.3) is 0 Å². The fourth-order valence-corrected chi connectivity index (χ4v) is 3.65. The first kappa shape index (κ1) is 23.5. The highest BCUT2D eigenvalue weighted by Crippen LogP contribution is 2.26. The molecule has 2 rings (SSSR count). The van der Waals surface area contributed by atoms with Crippen molar-refractivity contribution in [1.29, 1.82) is 0 Å². The molecule has 0 spiro atoms. The van der Waals surface area contributed by atoms with Crippen LogP contribution in [-0.2, 0) is 22.6 Å². The summed E-state index contributed by atoms with van der Waals surface area (Å²) >= 11 is 18.6. The number of nitrogens with one attached hydrogen (secondary N) is 1. The molecule has 0 fully saturated rings. The molecule has 0 saturated carbocycles. The summed E-state index contributed by atoms with van der Waals surface area (Å²) in [7, 11) is 0. The molecular weight excluding hydrogens is 431 g/mol. The number of carbonyl (C=O) groups is 2. The van der Waals surface area contributed by atoms with Crippen LogP contribution in [-0.4, -0.2) is 29.3 Å². The second kappa shape index (κ2) is 11.4. The smallest absolute Gasteiger partial charge is 0.242 e. The third kappa shape index (κ3) is 6.91. The number of nitrogens with zero attached hydrogens (tertiary/aromatic N) is 1. The number of halogens is 3. The van der Waals surface area contributed by atoms with Gasteiger partial charge in [0.2, 0.25) is 11.8 Å². The minimum Gasteiger partial charge on any atom is -0.354 e. The Morgan fingerprint density at radius 1 is 1.07 bits per heavy atom. The maximum atomic E-state index is 13.2. The van der Waals surface area contributed by atoms with Crippen LogP contribution in [0.3, 0.4) is 0 Å². The van der Waals surface area contributed by atoms with Gasteiger partial charge in [-0.15, -0.1) is 0 Å². The van der Waals surface area contributed by atoms with Gasteiger partial charge in [0.1, 0.15) is 6.04 Å². The molecule has 0 aliphatic carbocycles. The van der Waals surface area contributed by atoms with Gasteiger partial charge in [-0.3, -0.25) is 9.59 Å². The normalized spacial score (nSPS) is 11.8. The van der Waals surface area contributed by atoms with Crippen LogP contribution in [0.5, 0.6) is 0 Å². The number of hydrogen-bond acceptors (Lipinski definition) is 2. The molecule has 1 unspecified atom stereocenters. The highest BCUT2D eigenvalue weighted by atomic mass is 35.5. The van der Waals surface area contributed by atoms with Crippen LogP contribution in [0.25, 0.3) is 0 Å². The standard InChI is InChI=1S/C22H25Cl3N2O2/c1-3-4-11-26-22(29)15(2)27(14-16-7-5-8-17(23)12-16)21(28)13-18-19(24)9-6-10-20(18)25/h5-10,12,15H,3-4,11,13-14H2,1-2H3,(H,26,29). The summed E-state index contributed by atoms with van der Waals surface area (Å²) in [5.41, 5.74) is 1.39. The summed E-state index contributed by atoms with van der Waals surface area (Å²) in [5, 5.41) is 4.31. The van der Waals surface area contributed by atoms with Gasteiger partial charge in [-0.25, -0.2) is 0 Å². The van der Waals surface area contributed by atoms with Crippen LogP contribution in [0.1, 0.15) is 37.8 Å². The maximum Gasteiger partial charge on any atom is 0.242 e. The minimum atomic E-state index is -0.653. The van der Waals surface area contributed by atoms with E-state index in [4.69, 9.17) is 34.8 Å². The van der Waals surface area contributed by atoms with Gasteiger partial charge in [-0.2, -0.15) is 0 Å². The van der Waals surface area contributed by atoms with Gasteiger partial charge in [0.15, 0.2) is 0 Å². The van der Waals surface area contributed by atoms with Crippen LogP contribution in [0, 0.1) is 0 Å². The fraction of sp³-hybridized carbons (Fsp3) is 0.364. The molecule has 1 N–H and O–H groups in total. The molecule has 1 atom stereocenters. The molecule has 0 aliphatic rings. The molecule has 2 aromatic rings. The van der Waals surface area contributed by atoms with E-state index in [1.165, 1.54) is 4.90 Å². The number of hydrogen-bond donors (Lipinski definition) is 1. The van der Waals surface area contributed by atoms with Crippen molar-refractivity contribution in [3.63, 3.8) is 0 Å². The van der Waals surface area contributed by atoms with Crippen molar-refractivity contribution < 1.29 is 9.59 Å². The fourth-order valence-electron chi connectivity index (χ4n) is 2.90. The summed E-state index contributed by atoms with van der Waals surface area (Å²) in [6.07, 6.45) is 1.87. The van der Waals surface area contributed by atoms with Gasteiger partial charge in [-0.1, -0.05) is 66.3 Å². The zero-order valence-corrected chi connectivity index (χ0v) is 18.8. The Labute approximate surface area is 187 Å². The Balaban J connectivity index is 2.25. The van der Waals surface area contributed by atoms with Crippen LogP contribution in [0.2, 0.25) is 15.1 Å². The second-order valence-corrected chi connectivity index (χ2v) is 8.10. The van der Waals surface area contributed by atoms with Crippen molar-refractivity contribution in [2.75, 3.05) is 6.54 Å². The van der Waals surface area contributed by atoms with Crippen LogP contribution in [0.15, 0.2) is 42.5 Å². The monoisotopic (exact) mass is 454 g/mol. The first-order valence-electron chi connectivity index (χ1n) is 9.58. The third-order valence-electron chi connectivity index (χ3n) is 4.63. The lowest BCUT2D eigenvalue weighted by Crippen LogP contribution is -2.48. The SMILES string of the molecule is CCCCNC(=O)C(C)N(Cc1cccc(Cl)c1)C(=O)Cc1c(Cl)cccc1Cl. The van der Waals surface area contributed by atoms with Crippen molar-refractivity contribution in [3.8, 4) is 0 Å². The van der Waals surface area contributed by atoms with Gasteiger partial charge in [-0.05, 0) is 48.7 Å². The van der Waals surface area contributed by atoms with Crippen molar-refractivity contribution in [2.24, 2.45) is 0 Å². The average molecular weight is 456 g/mol. The van der Waals surface area contributed by atoms with E-state index in [2.05, 4.69) is 12.2 Å². The van der Waals surface area contributed by atoms with E-state index in [0.29, 0.717) is 27.2 Å². The van der Waals surface area contributed by atoms with Crippen molar-refractivity contribution in [1.82, 2.24) is 10.2 Å². The molecule has 2 aromatic carbocycles. The van der Waals surface area contributed by atoms with E-state index in [1.807, 2.05) is 12.1 Å². The van der Waals surface area contributed by atoms with E-state index < -0.39 is 6.04 Å². The predicted octanol–water partition coefficient (Wildman–Crippen LogP) is 5.52. The lowest BCUT2D eigenvalue weighted by molar-refractivity contribution is -0.140. The van der Waals surface area contributed by atoms with Crippen molar-refractivity contribution >= 4 is 46.6 Å². The largest absolute Gasteiger partial charge is 0.354 e. The van der Waals surface area contributed by atoms with Crippen LogP contribution in [0.4, 0.5) is 0 Å². The first-order valence-corrected chi connectivity index (χ1v) is 10.7. The molecule has 156 valence electrons. The second-order valence-electron chi connectivity index (χ2n) is 6.85. The van der Waals surface area contributed by atoms with E-state index in [1.54, 1.807) is 37.3 Å². The summed E-state index contributed by atoms with van der Waals surface area (Å²) in [6.45, 7) is 4.61. The summed E-state index contributed by atoms with van der Waals surface area (Å²) in [5.74, 6) is -0.433. The molecule has 0 aromatic heterocycles. The molecule has 0 bridgehead atoms. The quantitative estimate of drug-likeness (QED) is 0.506. The Morgan fingerprint density at radius 3 is 2.34 bits per heavy atom. The zero-order chi connectivity index (χ0) is 21.4. The third-order valence-corrected chi connectivity index (χ3v) is 5.57. The van der Waals surface area contributed by atoms with E-state index >= 15 is 0 Å². The minimum absolute atomic E-state index is 0.00561. The van der Waals surface area contributed by atoms with E-state index in [-0.39, 0.29) is 24.8 Å². The average Bonchev–Trinajstić information content (AvgIpc) is 2.68. The van der Waals surface area contributed by atoms with Crippen LogP contribution >= 0.6 is 34.8 Å². The molecule has 0 radical (unpaired) electrons. The highest BCUT2D eigenvalue weighted by Gasteiger charge is 2.27. The number of rotatable bonds is 9. The van der Waals surface area contributed by atoms with Crippen molar-refractivity contribution in [3.05, 3.63) is 68.7 Å². The molecular formula is C22H25Cl3N2O2. The van der Waals surface area contributed by atoms with Crippen molar-refractivity contribution in [2.45, 2.75) is 45.7 Å². The maximum absolute atomic E-state index is 13.2. The Kier molecular flexibility index (Phi) is 9.28. The molecule has 4 nitrogen and oxygen atoms in total. The first-order chi connectivity index (χ1) is 13.8. The van der Waals surface area contributed by atoms with E-state index in [0.717, 1.165) is 18.4 Å². The van der Waals surface area contributed by atoms with Gasteiger partial charge in [0, 0.05) is 28.2 Å². The zero-order valence-electron chi connectivity index (χ0n) is 16.6. The Bertz CT molecular complexity index is 837. The molecule has 0 aliphatic heterocycles. The molecule has 0 heterocycles. The lowest BCUT2D eigenvalue weighted by Gasteiger charge is -2.29. The highest BCUT2D eigenvalue weighted by molar-refractivity contribution is 6.36. The Hall–Kier alpha value is -1.75. The number of unbranched alkanes of at least 4 members (excludes halogenated alkanes) is 1. The number of amides is 2. The van der Waals surface area contributed by atoms with Gasteiger partial charge in [0.05, 0.1) is 6.42 Å².